The van der Waals surface area contributed by atoms with Crippen LogP contribution in [0.15, 0.2) is 18.2 Å². The van der Waals surface area contributed by atoms with Gasteiger partial charge in [0.2, 0.25) is 0 Å². The second-order valence-electron chi connectivity index (χ2n) is 5.33. The lowest BCUT2D eigenvalue weighted by atomic mass is 10.0. The number of rotatable bonds is 1. The van der Waals surface area contributed by atoms with Crippen molar-refractivity contribution in [1.29, 1.82) is 0 Å². The normalized spacial score (nSPS) is 29.6. The number of benzene rings is 1. The molecule has 2 bridgehead atoms. The fraction of sp³-hybridized carbons (Fsp3) is 0.500. The molecule has 2 saturated heterocycles. The second-order valence-corrected chi connectivity index (χ2v) is 6.35. The topological polar surface area (TPSA) is 40.5 Å². The van der Waals surface area contributed by atoms with Crippen molar-refractivity contribution in [3.8, 4) is 5.75 Å². The molecule has 2 unspecified atom stereocenters. The third-order valence-electron chi connectivity index (χ3n) is 4.09. The molecule has 1 aromatic carbocycles. The summed E-state index contributed by atoms with van der Waals surface area (Å²) in [5.74, 6) is -0.0238. The van der Waals surface area contributed by atoms with E-state index in [1.165, 1.54) is 12.1 Å². The molecule has 19 heavy (non-hydrogen) atoms. The van der Waals surface area contributed by atoms with Gasteiger partial charge in [-0.15, -0.1) is 11.6 Å². The molecule has 0 aliphatic carbocycles. The number of phenolic OH excluding ortho intramolecular Hbond substituents is 1. The fourth-order valence-corrected chi connectivity index (χ4v) is 3.87. The van der Waals surface area contributed by atoms with Crippen molar-refractivity contribution in [2.45, 2.75) is 43.1 Å². The molecule has 3 rings (SSSR count). The third-order valence-corrected chi connectivity index (χ3v) is 4.78. The first-order valence-corrected chi connectivity index (χ1v) is 7.33. The van der Waals surface area contributed by atoms with Crippen molar-refractivity contribution in [2.24, 2.45) is 0 Å². The molecule has 0 aromatic heterocycles. The summed E-state index contributed by atoms with van der Waals surface area (Å²) in [7, 11) is 0. The zero-order valence-corrected chi connectivity index (χ0v) is 11.9. The van der Waals surface area contributed by atoms with Gasteiger partial charge in [0.15, 0.2) is 0 Å². The molecular formula is C14H15Cl2NO2. The van der Waals surface area contributed by atoms with Crippen molar-refractivity contribution < 1.29 is 9.90 Å². The van der Waals surface area contributed by atoms with Gasteiger partial charge in [-0.05, 0) is 43.9 Å². The van der Waals surface area contributed by atoms with E-state index in [0.29, 0.717) is 10.6 Å². The second kappa shape index (κ2) is 4.88. The van der Waals surface area contributed by atoms with Crippen LogP contribution in [0.2, 0.25) is 5.02 Å². The average molecular weight is 300 g/mol. The lowest BCUT2D eigenvalue weighted by Crippen LogP contribution is -2.47. The Morgan fingerprint density at radius 3 is 2.53 bits per heavy atom. The van der Waals surface area contributed by atoms with Crippen molar-refractivity contribution in [3.63, 3.8) is 0 Å². The van der Waals surface area contributed by atoms with Crippen LogP contribution in [0.25, 0.3) is 0 Å². The molecule has 2 aliphatic heterocycles. The zero-order valence-electron chi connectivity index (χ0n) is 10.4. The van der Waals surface area contributed by atoms with Crippen LogP contribution in [0.3, 0.4) is 0 Å². The number of carbonyl (C=O) groups is 1. The van der Waals surface area contributed by atoms with Crippen LogP contribution in [-0.4, -0.2) is 33.4 Å². The van der Waals surface area contributed by atoms with Gasteiger partial charge < -0.3 is 10.0 Å². The Morgan fingerprint density at radius 2 is 1.89 bits per heavy atom. The molecule has 0 radical (unpaired) electrons. The van der Waals surface area contributed by atoms with E-state index < -0.39 is 0 Å². The SMILES string of the molecule is O=C(c1cc(O)ccc1Cl)N1C2CCC1CC(Cl)C2. The predicted molar refractivity (Wildman–Crippen MR) is 75.0 cm³/mol. The Balaban J connectivity index is 1.90. The number of hydrogen-bond acceptors (Lipinski definition) is 2. The van der Waals surface area contributed by atoms with Crippen LogP contribution in [0, 0.1) is 0 Å². The molecule has 102 valence electrons. The van der Waals surface area contributed by atoms with Crippen molar-refractivity contribution in [2.75, 3.05) is 0 Å². The quantitative estimate of drug-likeness (QED) is 0.807. The highest BCUT2D eigenvalue weighted by atomic mass is 35.5. The van der Waals surface area contributed by atoms with Gasteiger partial charge in [-0.1, -0.05) is 11.6 Å². The lowest BCUT2D eigenvalue weighted by molar-refractivity contribution is 0.0599. The molecule has 2 heterocycles. The van der Waals surface area contributed by atoms with Crippen molar-refractivity contribution in [3.05, 3.63) is 28.8 Å². The highest BCUT2D eigenvalue weighted by Gasteiger charge is 2.43. The number of carbonyl (C=O) groups excluding carboxylic acids is 1. The maximum atomic E-state index is 12.6. The number of piperidine rings is 1. The van der Waals surface area contributed by atoms with Crippen LogP contribution in [0.4, 0.5) is 0 Å². The Morgan fingerprint density at radius 1 is 1.26 bits per heavy atom. The molecule has 1 aromatic rings. The molecule has 1 N–H and O–H groups in total. The third kappa shape index (κ3) is 2.30. The summed E-state index contributed by atoms with van der Waals surface area (Å²) in [6.45, 7) is 0. The molecule has 3 nitrogen and oxygen atoms in total. The van der Waals surface area contributed by atoms with E-state index in [0.717, 1.165) is 25.7 Å². The summed E-state index contributed by atoms with van der Waals surface area (Å²) in [5, 5.41) is 10.1. The molecule has 5 heteroatoms. The summed E-state index contributed by atoms with van der Waals surface area (Å²) in [6, 6.07) is 4.91. The molecule has 1 amide bonds. The highest BCUT2D eigenvalue weighted by molar-refractivity contribution is 6.33. The monoisotopic (exact) mass is 299 g/mol. The minimum Gasteiger partial charge on any atom is -0.508 e. The van der Waals surface area contributed by atoms with Crippen LogP contribution >= 0.6 is 23.2 Å². The van der Waals surface area contributed by atoms with E-state index in [4.69, 9.17) is 23.2 Å². The van der Waals surface area contributed by atoms with Crippen molar-refractivity contribution >= 4 is 29.1 Å². The molecule has 2 fully saturated rings. The molecule has 0 saturated carbocycles. The summed E-state index contributed by atoms with van der Waals surface area (Å²) in [6.07, 6.45) is 3.71. The number of phenols is 1. The number of halogens is 2. The van der Waals surface area contributed by atoms with Crippen LogP contribution < -0.4 is 0 Å². The summed E-state index contributed by atoms with van der Waals surface area (Å²) < 4.78 is 0. The van der Waals surface area contributed by atoms with Gasteiger partial charge in [0, 0.05) is 17.5 Å². The standard InChI is InChI=1S/C14H15Cl2NO2/c15-8-5-9-1-2-10(6-8)17(9)14(19)12-7-11(18)3-4-13(12)16/h3-4,7-10,18H,1-2,5-6H2. The number of alkyl halides is 1. The van der Waals surface area contributed by atoms with Gasteiger partial charge in [0.1, 0.15) is 5.75 Å². The van der Waals surface area contributed by atoms with E-state index in [1.807, 2.05) is 4.90 Å². The van der Waals surface area contributed by atoms with Gasteiger partial charge in [0.05, 0.1) is 10.6 Å². The zero-order chi connectivity index (χ0) is 13.6. The van der Waals surface area contributed by atoms with Crippen LogP contribution in [0.5, 0.6) is 5.75 Å². The molecule has 2 atom stereocenters. The smallest absolute Gasteiger partial charge is 0.256 e. The summed E-state index contributed by atoms with van der Waals surface area (Å²) >= 11 is 12.3. The minimum atomic E-state index is -0.0861. The number of aromatic hydroxyl groups is 1. The summed E-state index contributed by atoms with van der Waals surface area (Å²) in [4.78, 5) is 14.5. The summed E-state index contributed by atoms with van der Waals surface area (Å²) in [5.41, 5.74) is 0.381. The Labute approximate surface area is 122 Å². The van der Waals surface area contributed by atoms with Gasteiger partial charge in [-0.25, -0.2) is 0 Å². The van der Waals surface area contributed by atoms with Gasteiger partial charge in [0.25, 0.3) is 5.91 Å². The first kappa shape index (κ1) is 13.1. The lowest BCUT2D eigenvalue weighted by Gasteiger charge is -2.37. The first-order valence-electron chi connectivity index (χ1n) is 6.51. The van der Waals surface area contributed by atoms with Gasteiger partial charge >= 0.3 is 0 Å². The van der Waals surface area contributed by atoms with Crippen LogP contribution in [-0.2, 0) is 0 Å². The minimum absolute atomic E-state index is 0.0623. The Kier molecular flexibility index (Phi) is 3.35. The van der Waals surface area contributed by atoms with E-state index >= 15 is 0 Å². The largest absolute Gasteiger partial charge is 0.508 e. The first-order chi connectivity index (χ1) is 9.06. The highest BCUT2D eigenvalue weighted by Crippen LogP contribution is 2.39. The van der Waals surface area contributed by atoms with Gasteiger partial charge in [-0.3, -0.25) is 4.79 Å². The number of nitrogens with zero attached hydrogens (tertiary/aromatic N) is 1. The number of fused-ring (bicyclic) bond motifs is 2. The Bertz CT molecular complexity index is 506. The van der Waals surface area contributed by atoms with E-state index in [-0.39, 0.29) is 29.1 Å². The molecule has 0 spiro atoms. The van der Waals surface area contributed by atoms with E-state index in [9.17, 15) is 9.90 Å². The van der Waals surface area contributed by atoms with E-state index in [1.54, 1.807) is 6.07 Å². The molecule has 2 aliphatic rings. The maximum absolute atomic E-state index is 12.6. The average Bonchev–Trinajstić information content (AvgIpc) is 2.64. The number of amides is 1. The predicted octanol–water partition coefficient (Wildman–Crippen LogP) is 3.42. The Hall–Kier alpha value is -0.930. The maximum Gasteiger partial charge on any atom is 0.256 e. The molecular weight excluding hydrogens is 285 g/mol. The number of hydrogen-bond donors (Lipinski definition) is 1. The fourth-order valence-electron chi connectivity index (χ4n) is 3.26. The van der Waals surface area contributed by atoms with Crippen molar-refractivity contribution in [1.82, 2.24) is 4.90 Å². The van der Waals surface area contributed by atoms with E-state index in [2.05, 4.69) is 0 Å². The van der Waals surface area contributed by atoms with Gasteiger partial charge in [-0.2, -0.15) is 0 Å². The van der Waals surface area contributed by atoms with Crippen LogP contribution in [0.1, 0.15) is 36.0 Å².